The summed E-state index contributed by atoms with van der Waals surface area (Å²) in [6.45, 7) is 16.2. The summed E-state index contributed by atoms with van der Waals surface area (Å²) in [6, 6.07) is 0.0575. The zero-order valence-electron chi connectivity index (χ0n) is 28.8. The Kier molecular flexibility index (Phi) is 10.5. The van der Waals surface area contributed by atoms with Crippen molar-refractivity contribution in [2.24, 2.45) is 52.3 Å². The van der Waals surface area contributed by atoms with Crippen LogP contribution in [0.3, 0.4) is 0 Å². The van der Waals surface area contributed by atoms with Gasteiger partial charge in [0.1, 0.15) is 0 Å². The molecule has 1 unspecified atom stereocenters. The first kappa shape index (κ1) is 33.8. The fraction of sp³-hybridized carbons (Fsp3) is 0.892. The van der Waals surface area contributed by atoms with E-state index in [0.29, 0.717) is 36.3 Å². The first-order chi connectivity index (χ1) is 20.9. The maximum Gasteiger partial charge on any atom is 0.407 e. The predicted molar refractivity (Wildman–Crippen MR) is 177 cm³/mol. The highest BCUT2D eigenvalue weighted by Gasteiger charge is 2.67. The Bertz CT molecular complexity index is 1080. The molecule has 0 aromatic carbocycles. The zero-order valence-corrected chi connectivity index (χ0v) is 28.8. The maximum absolute atomic E-state index is 13.0. The Morgan fingerprint density at radius 3 is 2.61 bits per heavy atom. The number of aromatic amines is 1. The van der Waals surface area contributed by atoms with E-state index in [1.165, 1.54) is 49.8 Å². The number of aromatic nitrogens is 2. The van der Waals surface area contributed by atoms with E-state index in [1.54, 1.807) is 6.33 Å². The molecule has 1 aromatic heterocycles. The third-order valence-electron chi connectivity index (χ3n) is 14.0. The topological polar surface area (TPSA) is 101 Å². The number of hydrogen-bond acceptors (Lipinski definition) is 4. The van der Waals surface area contributed by atoms with Gasteiger partial charge >= 0.3 is 6.09 Å². The van der Waals surface area contributed by atoms with Crippen LogP contribution in [0.15, 0.2) is 12.5 Å². The summed E-state index contributed by atoms with van der Waals surface area (Å²) < 4.78 is 0. The average Bonchev–Trinajstić information content (AvgIpc) is 3.61. The molecule has 4 saturated carbocycles. The highest BCUT2D eigenvalue weighted by Crippen LogP contribution is 2.69. The van der Waals surface area contributed by atoms with Gasteiger partial charge in [0.25, 0.3) is 0 Å². The second kappa shape index (κ2) is 13.6. The lowest BCUT2D eigenvalue weighted by Crippen LogP contribution is -2.71. The Labute approximate surface area is 267 Å². The van der Waals surface area contributed by atoms with E-state index in [9.17, 15) is 15.0 Å². The molecule has 44 heavy (non-hydrogen) atoms. The van der Waals surface area contributed by atoms with Crippen molar-refractivity contribution in [3.05, 3.63) is 18.2 Å². The molecule has 7 heteroatoms. The van der Waals surface area contributed by atoms with E-state index in [4.69, 9.17) is 0 Å². The number of amides is 1. The van der Waals surface area contributed by atoms with Crippen LogP contribution in [0.2, 0.25) is 0 Å². The fourth-order valence-electron chi connectivity index (χ4n) is 11.5. The summed E-state index contributed by atoms with van der Waals surface area (Å²) in [4.78, 5) is 20.7. The van der Waals surface area contributed by atoms with Crippen LogP contribution in [0.5, 0.6) is 0 Å². The van der Waals surface area contributed by atoms with Gasteiger partial charge in [-0.15, -0.1) is 0 Å². The number of carboxylic acid groups (broad SMARTS) is 1. The Hall–Kier alpha value is -1.60. The molecular formula is C37H64N4O3. The summed E-state index contributed by atoms with van der Waals surface area (Å²) in [5.41, 5.74) is 0.585. The quantitative estimate of drug-likeness (QED) is 0.182. The third-order valence-corrected chi connectivity index (χ3v) is 14.0. The van der Waals surface area contributed by atoms with Crippen LogP contribution in [0.25, 0.3) is 0 Å². The molecule has 1 heterocycles. The van der Waals surface area contributed by atoms with Crippen molar-refractivity contribution >= 4 is 6.09 Å². The Balaban J connectivity index is 1.35. The third kappa shape index (κ3) is 6.35. The van der Waals surface area contributed by atoms with Crippen LogP contribution >= 0.6 is 0 Å². The van der Waals surface area contributed by atoms with Crippen molar-refractivity contribution < 1.29 is 15.0 Å². The minimum absolute atomic E-state index is 0.0575. The lowest BCUT2D eigenvalue weighted by Gasteiger charge is -2.67. The van der Waals surface area contributed by atoms with Crippen LogP contribution in [0.1, 0.15) is 124 Å². The minimum Gasteiger partial charge on any atom is -0.465 e. The lowest BCUT2D eigenvalue weighted by atomic mass is 9.41. The molecule has 4 N–H and O–H groups in total. The summed E-state index contributed by atoms with van der Waals surface area (Å²) in [7, 11) is 0. The fourth-order valence-corrected chi connectivity index (χ4v) is 11.5. The normalized spacial score (nSPS) is 39.0. The van der Waals surface area contributed by atoms with E-state index in [-0.39, 0.29) is 11.5 Å². The molecule has 4 fully saturated rings. The van der Waals surface area contributed by atoms with Gasteiger partial charge in [0.05, 0.1) is 17.6 Å². The molecule has 10 atom stereocenters. The summed E-state index contributed by atoms with van der Waals surface area (Å²) in [5.74, 6) is 4.75. The average molecular weight is 613 g/mol. The number of carbonyl (C=O) groups is 1. The van der Waals surface area contributed by atoms with Gasteiger partial charge in [-0.1, -0.05) is 53.9 Å². The summed E-state index contributed by atoms with van der Waals surface area (Å²) in [5, 5.41) is 26.5. The van der Waals surface area contributed by atoms with Crippen molar-refractivity contribution in [2.75, 3.05) is 19.6 Å². The van der Waals surface area contributed by atoms with Crippen LogP contribution in [-0.4, -0.2) is 62.5 Å². The number of rotatable bonds is 13. The number of fused-ring (bicyclic) bond motifs is 5. The molecular weight excluding hydrogens is 548 g/mol. The van der Waals surface area contributed by atoms with Gasteiger partial charge in [-0.25, -0.2) is 9.78 Å². The number of hydrogen-bond donors (Lipinski definition) is 4. The van der Waals surface area contributed by atoms with Crippen molar-refractivity contribution in [3.8, 4) is 0 Å². The van der Waals surface area contributed by atoms with Crippen molar-refractivity contribution in [1.29, 1.82) is 0 Å². The number of nitrogens with zero attached hydrogens (tertiary/aromatic N) is 2. The van der Waals surface area contributed by atoms with Crippen molar-refractivity contribution in [2.45, 2.75) is 137 Å². The Morgan fingerprint density at radius 1 is 1.14 bits per heavy atom. The molecule has 0 radical (unpaired) electrons. The molecule has 7 nitrogen and oxygen atoms in total. The predicted octanol–water partition coefficient (Wildman–Crippen LogP) is 7.76. The first-order valence-electron chi connectivity index (χ1n) is 18.3. The molecule has 1 amide bonds. The Morgan fingerprint density at radius 2 is 1.93 bits per heavy atom. The number of H-pyrrole nitrogens is 1. The van der Waals surface area contributed by atoms with Crippen LogP contribution in [0.4, 0.5) is 4.79 Å². The highest BCUT2D eigenvalue weighted by molar-refractivity contribution is 5.64. The molecule has 0 aliphatic heterocycles. The summed E-state index contributed by atoms with van der Waals surface area (Å²) >= 11 is 0. The van der Waals surface area contributed by atoms with Gasteiger partial charge in [-0.05, 0) is 112 Å². The van der Waals surface area contributed by atoms with E-state index < -0.39 is 11.7 Å². The second-order valence-corrected chi connectivity index (χ2v) is 16.6. The molecule has 250 valence electrons. The highest BCUT2D eigenvalue weighted by atomic mass is 16.4. The van der Waals surface area contributed by atoms with Crippen LogP contribution < -0.4 is 5.32 Å². The number of imidazole rings is 1. The SMILES string of the molecule is CCN(CC[C@H]1CC[C@]2(C)[C@H]3CC[C@]4(C)[C@@H](C(C)CCCC(C)C)CC[C@H]4[C@@H]3C[C@@H](NCCc3c[nH]cn3)[C@@]2(O)C1)C(=O)O. The summed E-state index contributed by atoms with van der Waals surface area (Å²) in [6.07, 6.45) is 17.9. The van der Waals surface area contributed by atoms with E-state index in [0.717, 1.165) is 74.4 Å². The largest absolute Gasteiger partial charge is 0.465 e. The number of aliphatic hydroxyl groups is 1. The van der Waals surface area contributed by atoms with E-state index in [2.05, 4.69) is 49.9 Å². The number of nitrogens with one attached hydrogen (secondary N) is 2. The molecule has 0 spiro atoms. The lowest BCUT2D eigenvalue weighted by molar-refractivity contribution is -0.228. The van der Waals surface area contributed by atoms with Gasteiger partial charge in [0.15, 0.2) is 0 Å². The smallest absolute Gasteiger partial charge is 0.407 e. The molecule has 1 aromatic rings. The molecule has 0 saturated heterocycles. The van der Waals surface area contributed by atoms with Gasteiger partial charge in [-0.2, -0.15) is 0 Å². The van der Waals surface area contributed by atoms with Gasteiger partial charge in [-0.3, -0.25) is 0 Å². The van der Waals surface area contributed by atoms with Crippen LogP contribution in [0, 0.1) is 52.3 Å². The minimum atomic E-state index is -0.834. The standard InChI is InChI=1S/C37H64N4O3/c1-7-41(34(42)43)20-16-27-13-18-36(6)32-14-17-35(5)30(26(4)10-8-9-25(2)3)11-12-31(35)29(32)21-33(37(36,44)22-27)39-19-15-28-23-38-24-40-28/h23-27,29-33,39,44H,7-22H2,1-6H3,(H,38,40)(H,42,43)/t26?,27-,29+,30-,31+,32+,33-,35-,36-,37+/m1/s1. The van der Waals surface area contributed by atoms with E-state index in [1.807, 2.05) is 13.1 Å². The van der Waals surface area contributed by atoms with Gasteiger partial charge in [0.2, 0.25) is 0 Å². The van der Waals surface area contributed by atoms with Gasteiger partial charge < -0.3 is 25.4 Å². The molecule has 4 aliphatic rings. The van der Waals surface area contributed by atoms with Crippen molar-refractivity contribution in [3.63, 3.8) is 0 Å². The molecule has 0 bridgehead atoms. The van der Waals surface area contributed by atoms with E-state index >= 15 is 0 Å². The maximum atomic E-state index is 13.0. The van der Waals surface area contributed by atoms with Gasteiger partial charge in [0, 0.05) is 43.7 Å². The first-order valence-corrected chi connectivity index (χ1v) is 18.3. The zero-order chi connectivity index (χ0) is 31.7. The van der Waals surface area contributed by atoms with Crippen LogP contribution in [-0.2, 0) is 6.42 Å². The molecule has 5 rings (SSSR count). The molecule has 4 aliphatic carbocycles. The second-order valence-electron chi connectivity index (χ2n) is 16.6. The van der Waals surface area contributed by atoms with Crippen molar-refractivity contribution in [1.82, 2.24) is 20.2 Å². The monoisotopic (exact) mass is 612 g/mol.